The lowest BCUT2D eigenvalue weighted by Crippen LogP contribution is -2.51. The zero-order valence-electron chi connectivity index (χ0n) is 24.3. The van der Waals surface area contributed by atoms with E-state index in [0.29, 0.717) is 12.2 Å². The minimum atomic E-state index is -4.08. The Bertz CT molecular complexity index is 1390. The summed E-state index contributed by atoms with van der Waals surface area (Å²) >= 11 is 0. The van der Waals surface area contributed by atoms with E-state index in [-0.39, 0.29) is 29.2 Å². The molecule has 7 nitrogen and oxygen atoms in total. The van der Waals surface area contributed by atoms with E-state index < -0.39 is 28.5 Å². The predicted molar refractivity (Wildman–Crippen MR) is 161 cm³/mol. The number of hydrogen-bond acceptors (Lipinski definition) is 4. The van der Waals surface area contributed by atoms with E-state index in [9.17, 15) is 18.0 Å². The molecule has 0 radical (unpaired) electrons. The molecule has 3 rings (SSSR count). The average Bonchev–Trinajstić information content (AvgIpc) is 2.94. The summed E-state index contributed by atoms with van der Waals surface area (Å²) in [6.45, 7) is 11.9. The standard InChI is InChI=1S/C32H41N3O4S/c1-23(2)20-33-32(37)26(6)34(21-28-13-11-10-12-25(28)5)31(36)22-35(29-18-16-27(17-19-29)24(3)4)40(38,39)30-14-8-7-9-15-30/h7-19,23-24,26H,20-22H2,1-6H3,(H,33,37)/t26-/m0/s1. The highest BCUT2D eigenvalue weighted by Crippen LogP contribution is 2.26. The molecule has 1 N–H and O–H groups in total. The van der Waals surface area contributed by atoms with Gasteiger partial charge in [0.25, 0.3) is 10.0 Å². The van der Waals surface area contributed by atoms with Gasteiger partial charge in [-0.25, -0.2) is 8.42 Å². The van der Waals surface area contributed by atoms with Crippen LogP contribution < -0.4 is 9.62 Å². The number of carbonyl (C=O) groups is 2. The minimum Gasteiger partial charge on any atom is -0.354 e. The zero-order chi connectivity index (χ0) is 29.4. The number of nitrogens with zero attached hydrogens (tertiary/aromatic N) is 2. The van der Waals surface area contributed by atoms with Gasteiger partial charge in [-0.2, -0.15) is 0 Å². The van der Waals surface area contributed by atoms with Crippen molar-refractivity contribution >= 4 is 27.5 Å². The number of anilines is 1. The van der Waals surface area contributed by atoms with Crippen LogP contribution in [-0.4, -0.2) is 44.3 Å². The average molecular weight is 564 g/mol. The Morgan fingerprint density at radius 3 is 2.00 bits per heavy atom. The number of nitrogens with one attached hydrogen (secondary N) is 1. The van der Waals surface area contributed by atoms with Gasteiger partial charge in [0.05, 0.1) is 10.6 Å². The van der Waals surface area contributed by atoms with Gasteiger partial charge in [0.1, 0.15) is 12.6 Å². The Kier molecular flexibility index (Phi) is 10.5. The van der Waals surface area contributed by atoms with Crippen LogP contribution in [0.2, 0.25) is 0 Å². The Labute approximate surface area is 239 Å². The highest BCUT2D eigenvalue weighted by Gasteiger charge is 2.32. The van der Waals surface area contributed by atoms with Crippen LogP contribution in [-0.2, 0) is 26.2 Å². The van der Waals surface area contributed by atoms with Crippen molar-refractivity contribution in [1.29, 1.82) is 0 Å². The minimum absolute atomic E-state index is 0.0870. The van der Waals surface area contributed by atoms with Gasteiger partial charge in [0.2, 0.25) is 11.8 Å². The largest absolute Gasteiger partial charge is 0.354 e. The monoisotopic (exact) mass is 563 g/mol. The van der Waals surface area contributed by atoms with Crippen LogP contribution >= 0.6 is 0 Å². The molecule has 8 heteroatoms. The number of hydrogen-bond donors (Lipinski definition) is 1. The zero-order valence-corrected chi connectivity index (χ0v) is 25.1. The van der Waals surface area contributed by atoms with Gasteiger partial charge in [-0.3, -0.25) is 13.9 Å². The van der Waals surface area contributed by atoms with Gasteiger partial charge in [-0.15, -0.1) is 0 Å². The van der Waals surface area contributed by atoms with Crippen molar-refractivity contribution in [2.75, 3.05) is 17.4 Å². The lowest BCUT2D eigenvalue weighted by atomic mass is 10.0. The third-order valence-corrected chi connectivity index (χ3v) is 8.70. The fourth-order valence-corrected chi connectivity index (χ4v) is 5.72. The van der Waals surface area contributed by atoms with Gasteiger partial charge < -0.3 is 10.2 Å². The molecule has 40 heavy (non-hydrogen) atoms. The number of amides is 2. The van der Waals surface area contributed by atoms with Crippen LogP contribution in [0, 0.1) is 12.8 Å². The first-order valence-corrected chi connectivity index (χ1v) is 15.1. The van der Waals surface area contributed by atoms with Crippen LogP contribution in [0.15, 0.2) is 83.8 Å². The number of aryl methyl sites for hydroxylation is 1. The second-order valence-corrected chi connectivity index (χ2v) is 12.7. The van der Waals surface area contributed by atoms with Crippen molar-refractivity contribution in [3.05, 3.63) is 95.6 Å². The molecule has 0 spiro atoms. The maximum absolute atomic E-state index is 14.0. The van der Waals surface area contributed by atoms with E-state index >= 15 is 0 Å². The van der Waals surface area contributed by atoms with Crippen LogP contribution in [0.4, 0.5) is 5.69 Å². The maximum Gasteiger partial charge on any atom is 0.264 e. The normalized spacial score (nSPS) is 12.3. The Balaban J connectivity index is 2.02. The van der Waals surface area contributed by atoms with Crippen molar-refractivity contribution in [2.45, 2.75) is 64.9 Å². The molecule has 0 saturated carbocycles. The molecule has 3 aromatic carbocycles. The highest BCUT2D eigenvalue weighted by molar-refractivity contribution is 7.92. The van der Waals surface area contributed by atoms with Crippen LogP contribution in [0.1, 0.15) is 57.2 Å². The Morgan fingerprint density at radius 2 is 1.43 bits per heavy atom. The molecular weight excluding hydrogens is 522 g/mol. The molecule has 1 atom stereocenters. The van der Waals surface area contributed by atoms with Gasteiger partial charge >= 0.3 is 0 Å². The Hall–Kier alpha value is -3.65. The molecule has 0 heterocycles. The van der Waals surface area contributed by atoms with Crippen molar-refractivity contribution in [3.8, 4) is 0 Å². The van der Waals surface area contributed by atoms with E-state index in [2.05, 4.69) is 19.2 Å². The molecule has 0 aliphatic rings. The summed E-state index contributed by atoms with van der Waals surface area (Å²) in [5, 5.41) is 2.91. The number of rotatable bonds is 12. The molecule has 2 amide bonds. The van der Waals surface area contributed by atoms with E-state index in [0.717, 1.165) is 21.0 Å². The first-order valence-electron chi connectivity index (χ1n) is 13.7. The highest BCUT2D eigenvalue weighted by atomic mass is 32.2. The van der Waals surface area contributed by atoms with E-state index in [4.69, 9.17) is 0 Å². The fraction of sp³-hybridized carbons (Fsp3) is 0.375. The first kappa shape index (κ1) is 30.9. The van der Waals surface area contributed by atoms with Crippen molar-refractivity contribution in [2.24, 2.45) is 5.92 Å². The third kappa shape index (κ3) is 7.72. The lowest BCUT2D eigenvalue weighted by molar-refractivity contribution is -0.139. The van der Waals surface area contributed by atoms with Crippen molar-refractivity contribution < 1.29 is 18.0 Å². The third-order valence-electron chi connectivity index (χ3n) is 6.91. The molecule has 0 saturated heterocycles. The second kappa shape index (κ2) is 13.6. The molecule has 0 fully saturated rings. The second-order valence-electron chi connectivity index (χ2n) is 10.8. The summed E-state index contributed by atoms with van der Waals surface area (Å²) in [7, 11) is -4.08. The molecule has 0 aliphatic carbocycles. The molecule has 0 unspecified atom stereocenters. The van der Waals surface area contributed by atoms with Gasteiger partial charge in [0, 0.05) is 13.1 Å². The topological polar surface area (TPSA) is 86.8 Å². The predicted octanol–water partition coefficient (Wildman–Crippen LogP) is 5.50. The van der Waals surface area contributed by atoms with Gasteiger partial charge in [-0.05, 0) is 66.6 Å². The number of carbonyl (C=O) groups excluding carboxylic acids is 2. The number of sulfonamides is 1. The summed E-state index contributed by atoms with van der Waals surface area (Å²) < 4.78 is 28.9. The lowest BCUT2D eigenvalue weighted by Gasteiger charge is -2.32. The Morgan fingerprint density at radius 1 is 0.825 bits per heavy atom. The van der Waals surface area contributed by atoms with E-state index in [1.807, 2.05) is 57.2 Å². The fourth-order valence-electron chi connectivity index (χ4n) is 4.28. The van der Waals surface area contributed by atoms with Gasteiger partial charge in [-0.1, -0.05) is 82.3 Å². The molecule has 214 valence electrons. The van der Waals surface area contributed by atoms with Crippen LogP contribution in [0.3, 0.4) is 0 Å². The molecule has 0 aromatic heterocycles. The first-order chi connectivity index (χ1) is 18.9. The van der Waals surface area contributed by atoms with Crippen LogP contribution in [0.5, 0.6) is 0 Å². The van der Waals surface area contributed by atoms with Crippen molar-refractivity contribution in [3.63, 3.8) is 0 Å². The van der Waals surface area contributed by atoms with Crippen LogP contribution in [0.25, 0.3) is 0 Å². The summed E-state index contributed by atoms with van der Waals surface area (Å²) in [5.74, 6) is -0.237. The molecule has 3 aromatic rings. The summed E-state index contributed by atoms with van der Waals surface area (Å²) in [4.78, 5) is 28.7. The summed E-state index contributed by atoms with van der Waals surface area (Å²) in [6, 6.07) is 22.2. The quantitative estimate of drug-likeness (QED) is 0.315. The SMILES string of the molecule is Cc1ccccc1CN(C(=O)CN(c1ccc(C(C)C)cc1)S(=O)(=O)c1ccccc1)[C@@H](C)C(=O)NCC(C)C. The smallest absolute Gasteiger partial charge is 0.264 e. The molecular formula is C32H41N3O4S. The molecule has 0 aliphatic heterocycles. The van der Waals surface area contributed by atoms with E-state index in [1.54, 1.807) is 37.3 Å². The van der Waals surface area contributed by atoms with Crippen molar-refractivity contribution in [1.82, 2.24) is 10.2 Å². The van der Waals surface area contributed by atoms with Gasteiger partial charge in [0.15, 0.2) is 0 Å². The summed E-state index contributed by atoms with van der Waals surface area (Å²) in [6.07, 6.45) is 0. The maximum atomic E-state index is 14.0. The molecule has 0 bridgehead atoms. The summed E-state index contributed by atoms with van der Waals surface area (Å²) in [5.41, 5.74) is 3.31. The van der Waals surface area contributed by atoms with E-state index in [1.165, 1.54) is 17.0 Å². The number of benzene rings is 3.